The molecule has 0 saturated heterocycles. The summed E-state index contributed by atoms with van der Waals surface area (Å²) in [6.45, 7) is 7.27. The van der Waals surface area contributed by atoms with Crippen LogP contribution in [0.5, 0.6) is 0 Å². The van der Waals surface area contributed by atoms with Gasteiger partial charge in [0.05, 0.1) is 17.9 Å². The van der Waals surface area contributed by atoms with Gasteiger partial charge in [-0.05, 0) is 41.7 Å². The van der Waals surface area contributed by atoms with Crippen molar-refractivity contribution in [1.29, 1.82) is 5.26 Å². The van der Waals surface area contributed by atoms with E-state index in [1.54, 1.807) is 12.1 Å². The molecule has 2 rings (SSSR count). The second-order valence-corrected chi connectivity index (χ2v) is 6.38. The van der Waals surface area contributed by atoms with Crippen LogP contribution < -0.4 is 10.6 Å². The standard InChI is InChI=1S/C21H25N3O2/c1-4-11-26-21(25)24-20-10-9-19(12-18(20)13-22)23-14-16-5-7-17(8-6-16)15(2)3/h5-10,12,15,23H,4,11,14H2,1-3H3,(H,24,25). The summed E-state index contributed by atoms with van der Waals surface area (Å²) in [7, 11) is 0. The van der Waals surface area contributed by atoms with Crippen molar-refractivity contribution >= 4 is 17.5 Å². The molecular weight excluding hydrogens is 326 g/mol. The summed E-state index contributed by atoms with van der Waals surface area (Å²) >= 11 is 0. The Hall–Kier alpha value is -3.00. The van der Waals surface area contributed by atoms with Crippen LogP contribution in [0.25, 0.3) is 0 Å². The van der Waals surface area contributed by atoms with Crippen LogP contribution in [-0.2, 0) is 11.3 Å². The molecule has 0 fully saturated rings. The first-order valence-corrected chi connectivity index (χ1v) is 8.84. The van der Waals surface area contributed by atoms with Crippen LogP contribution in [0.3, 0.4) is 0 Å². The lowest BCUT2D eigenvalue weighted by Crippen LogP contribution is -2.15. The normalized spacial score (nSPS) is 10.3. The van der Waals surface area contributed by atoms with Crippen LogP contribution in [0.2, 0.25) is 0 Å². The molecule has 5 heteroatoms. The topological polar surface area (TPSA) is 74.2 Å². The largest absolute Gasteiger partial charge is 0.449 e. The highest BCUT2D eigenvalue weighted by molar-refractivity contribution is 5.87. The van der Waals surface area contributed by atoms with Crippen LogP contribution in [-0.4, -0.2) is 12.7 Å². The summed E-state index contributed by atoms with van der Waals surface area (Å²) in [6.07, 6.45) is 0.203. The maximum atomic E-state index is 11.7. The van der Waals surface area contributed by atoms with Gasteiger partial charge in [0, 0.05) is 12.2 Å². The second-order valence-electron chi connectivity index (χ2n) is 6.38. The zero-order chi connectivity index (χ0) is 18.9. The van der Waals surface area contributed by atoms with Gasteiger partial charge in [-0.2, -0.15) is 5.26 Å². The Bertz CT molecular complexity index is 777. The third-order valence-corrected chi connectivity index (χ3v) is 3.96. The van der Waals surface area contributed by atoms with E-state index in [9.17, 15) is 10.1 Å². The smallest absolute Gasteiger partial charge is 0.411 e. The lowest BCUT2D eigenvalue weighted by Gasteiger charge is -2.11. The minimum atomic E-state index is -0.547. The molecule has 2 aromatic rings. The number of nitriles is 1. The van der Waals surface area contributed by atoms with Gasteiger partial charge in [0.2, 0.25) is 0 Å². The van der Waals surface area contributed by atoms with Crippen LogP contribution in [0, 0.1) is 11.3 Å². The molecule has 0 aliphatic carbocycles. The molecule has 0 aliphatic heterocycles. The van der Waals surface area contributed by atoms with Crippen LogP contribution >= 0.6 is 0 Å². The van der Waals surface area contributed by atoms with Crippen molar-refractivity contribution in [1.82, 2.24) is 0 Å². The predicted octanol–water partition coefficient (Wildman–Crippen LogP) is 5.25. The molecule has 0 aromatic heterocycles. The summed E-state index contributed by atoms with van der Waals surface area (Å²) in [4.78, 5) is 11.7. The fraction of sp³-hybridized carbons (Fsp3) is 0.333. The number of anilines is 2. The highest BCUT2D eigenvalue weighted by Crippen LogP contribution is 2.21. The molecule has 136 valence electrons. The maximum absolute atomic E-state index is 11.7. The number of hydrogen-bond donors (Lipinski definition) is 2. The summed E-state index contributed by atoms with van der Waals surface area (Å²) in [6, 6.07) is 15.8. The number of ether oxygens (including phenoxy) is 1. The van der Waals surface area contributed by atoms with Crippen molar-refractivity contribution in [3.05, 3.63) is 59.2 Å². The van der Waals surface area contributed by atoms with Crippen molar-refractivity contribution in [2.45, 2.75) is 39.7 Å². The lowest BCUT2D eigenvalue weighted by molar-refractivity contribution is 0.161. The number of rotatable bonds is 7. The molecule has 0 aliphatic rings. The molecule has 0 spiro atoms. The van der Waals surface area contributed by atoms with Crippen molar-refractivity contribution < 1.29 is 9.53 Å². The van der Waals surface area contributed by atoms with Gasteiger partial charge in [0.1, 0.15) is 6.07 Å². The number of benzene rings is 2. The number of nitrogens with one attached hydrogen (secondary N) is 2. The lowest BCUT2D eigenvalue weighted by atomic mass is 10.0. The molecule has 0 saturated carbocycles. The zero-order valence-corrected chi connectivity index (χ0v) is 15.5. The Morgan fingerprint density at radius 2 is 1.92 bits per heavy atom. The summed E-state index contributed by atoms with van der Waals surface area (Å²) in [5.74, 6) is 0.513. The van der Waals surface area contributed by atoms with E-state index in [4.69, 9.17) is 4.74 Å². The van der Waals surface area contributed by atoms with E-state index < -0.39 is 6.09 Å². The maximum Gasteiger partial charge on any atom is 0.411 e. The first-order valence-electron chi connectivity index (χ1n) is 8.84. The molecule has 2 N–H and O–H groups in total. The highest BCUT2D eigenvalue weighted by Gasteiger charge is 2.08. The summed E-state index contributed by atoms with van der Waals surface area (Å²) in [5, 5.41) is 15.2. The average molecular weight is 351 g/mol. The average Bonchev–Trinajstić information content (AvgIpc) is 2.65. The second kappa shape index (κ2) is 9.47. The van der Waals surface area contributed by atoms with Crippen molar-refractivity contribution in [2.24, 2.45) is 0 Å². The summed E-state index contributed by atoms with van der Waals surface area (Å²) < 4.78 is 4.98. The van der Waals surface area contributed by atoms with Crippen molar-refractivity contribution in [3.8, 4) is 6.07 Å². The zero-order valence-electron chi connectivity index (χ0n) is 15.5. The third-order valence-electron chi connectivity index (χ3n) is 3.96. The molecule has 0 unspecified atom stereocenters. The van der Waals surface area contributed by atoms with Crippen LogP contribution in [0.4, 0.5) is 16.2 Å². The quantitative estimate of drug-likeness (QED) is 0.714. The molecule has 0 radical (unpaired) electrons. The Balaban J connectivity index is 2.00. The number of amides is 1. The third kappa shape index (κ3) is 5.52. The van der Waals surface area contributed by atoms with Crippen LogP contribution in [0.1, 0.15) is 49.8 Å². The monoisotopic (exact) mass is 351 g/mol. The highest BCUT2D eigenvalue weighted by atomic mass is 16.5. The number of carbonyl (C=O) groups is 1. The SMILES string of the molecule is CCCOC(=O)Nc1ccc(NCc2ccc(C(C)C)cc2)cc1C#N. The van der Waals surface area contributed by atoms with E-state index >= 15 is 0 Å². The molecular formula is C21H25N3O2. The number of nitrogens with zero attached hydrogens (tertiary/aromatic N) is 1. The predicted molar refractivity (Wildman–Crippen MR) is 104 cm³/mol. The minimum Gasteiger partial charge on any atom is -0.449 e. The number of carbonyl (C=O) groups excluding carboxylic acids is 1. The molecule has 26 heavy (non-hydrogen) atoms. The number of hydrogen-bond acceptors (Lipinski definition) is 4. The first-order chi connectivity index (χ1) is 12.5. The van der Waals surface area contributed by atoms with E-state index in [1.807, 2.05) is 13.0 Å². The van der Waals surface area contributed by atoms with Gasteiger partial charge in [-0.1, -0.05) is 45.0 Å². The van der Waals surface area contributed by atoms with E-state index in [2.05, 4.69) is 54.8 Å². The Morgan fingerprint density at radius 3 is 2.54 bits per heavy atom. The molecule has 2 aromatic carbocycles. The van der Waals surface area contributed by atoms with Crippen molar-refractivity contribution in [2.75, 3.05) is 17.2 Å². The van der Waals surface area contributed by atoms with E-state index in [0.29, 0.717) is 30.3 Å². The molecule has 1 amide bonds. The van der Waals surface area contributed by atoms with E-state index in [0.717, 1.165) is 12.1 Å². The molecule has 0 heterocycles. The fourth-order valence-corrected chi connectivity index (χ4v) is 2.42. The van der Waals surface area contributed by atoms with Gasteiger partial charge in [-0.3, -0.25) is 5.32 Å². The van der Waals surface area contributed by atoms with Gasteiger partial charge in [-0.25, -0.2) is 4.79 Å². The van der Waals surface area contributed by atoms with Crippen LogP contribution in [0.15, 0.2) is 42.5 Å². The van der Waals surface area contributed by atoms with Gasteiger partial charge >= 0.3 is 6.09 Å². The molecule has 0 atom stereocenters. The summed E-state index contributed by atoms with van der Waals surface area (Å²) in [5.41, 5.74) is 4.13. The van der Waals surface area contributed by atoms with Crippen molar-refractivity contribution in [3.63, 3.8) is 0 Å². The first kappa shape index (κ1) is 19.3. The molecule has 5 nitrogen and oxygen atoms in total. The van der Waals surface area contributed by atoms with E-state index in [1.165, 1.54) is 11.1 Å². The van der Waals surface area contributed by atoms with Gasteiger partial charge in [0.25, 0.3) is 0 Å². The van der Waals surface area contributed by atoms with Gasteiger partial charge in [0.15, 0.2) is 0 Å². The Morgan fingerprint density at radius 1 is 1.19 bits per heavy atom. The van der Waals surface area contributed by atoms with E-state index in [-0.39, 0.29) is 0 Å². The van der Waals surface area contributed by atoms with Gasteiger partial charge < -0.3 is 10.1 Å². The Labute approximate surface area is 155 Å². The minimum absolute atomic E-state index is 0.350. The molecule has 0 bridgehead atoms. The Kier molecular flexibility index (Phi) is 7.04. The van der Waals surface area contributed by atoms with Gasteiger partial charge in [-0.15, -0.1) is 0 Å². The fourth-order valence-electron chi connectivity index (χ4n) is 2.42.